The molecule has 0 radical (unpaired) electrons. The number of halogens is 2. The monoisotopic (exact) mass is 220 g/mol. The number of nitrogens with zero attached hydrogens (tertiary/aromatic N) is 2. The summed E-state index contributed by atoms with van der Waals surface area (Å²) in [6, 6.07) is 2.71. The van der Waals surface area contributed by atoms with Crippen LogP contribution in [0.1, 0.15) is 15.9 Å². The van der Waals surface area contributed by atoms with Gasteiger partial charge in [0.15, 0.2) is 5.78 Å². The standard InChI is InChI=1S/C11H6F2N2O/c12-8-1-2-10(13)9(3-8)11(16)7-4-14-6-15-5-7/h1-6H. The second kappa shape index (κ2) is 4.14. The molecule has 0 amide bonds. The minimum atomic E-state index is -0.768. The summed E-state index contributed by atoms with van der Waals surface area (Å²) < 4.78 is 26.2. The minimum absolute atomic E-state index is 0.118. The topological polar surface area (TPSA) is 42.9 Å². The third-order valence-electron chi connectivity index (χ3n) is 2.00. The van der Waals surface area contributed by atoms with Gasteiger partial charge in [-0.25, -0.2) is 18.7 Å². The first-order valence-corrected chi connectivity index (χ1v) is 4.43. The van der Waals surface area contributed by atoms with E-state index < -0.39 is 17.4 Å². The maximum absolute atomic E-state index is 13.3. The van der Waals surface area contributed by atoms with Gasteiger partial charge < -0.3 is 0 Å². The van der Waals surface area contributed by atoms with Gasteiger partial charge in [-0.2, -0.15) is 0 Å². The normalized spacial score (nSPS) is 10.1. The van der Waals surface area contributed by atoms with Crippen molar-refractivity contribution in [2.45, 2.75) is 0 Å². The van der Waals surface area contributed by atoms with Crippen LogP contribution in [0.2, 0.25) is 0 Å². The summed E-state index contributed by atoms with van der Waals surface area (Å²) in [7, 11) is 0. The third kappa shape index (κ3) is 1.93. The lowest BCUT2D eigenvalue weighted by atomic mass is 10.1. The zero-order valence-electron chi connectivity index (χ0n) is 8.02. The fourth-order valence-electron chi connectivity index (χ4n) is 1.24. The highest BCUT2D eigenvalue weighted by atomic mass is 19.1. The van der Waals surface area contributed by atoms with Gasteiger partial charge in [0.05, 0.1) is 11.1 Å². The van der Waals surface area contributed by atoms with Gasteiger partial charge in [0.1, 0.15) is 18.0 Å². The van der Waals surface area contributed by atoms with Crippen LogP contribution in [-0.4, -0.2) is 15.8 Å². The van der Waals surface area contributed by atoms with Crippen LogP contribution in [0.25, 0.3) is 0 Å². The van der Waals surface area contributed by atoms with Gasteiger partial charge in [-0.3, -0.25) is 4.79 Å². The predicted molar refractivity (Wildman–Crippen MR) is 51.8 cm³/mol. The van der Waals surface area contributed by atoms with Crippen LogP contribution in [0.5, 0.6) is 0 Å². The average Bonchev–Trinajstić information content (AvgIpc) is 2.32. The van der Waals surface area contributed by atoms with Gasteiger partial charge >= 0.3 is 0 Å². The molecule has 0 unspecified atom stereocenters. The highest BCUT2D eigenvalue weighted by Crippen LogP contribution is 2.13. The Labute approximate surface area is 89.8 Å². The summed E-state index contributed by atoms with van der Waals surface area (Å²) in [6.45, 7) is 0. The smallest absolute Gasteiger partial charge is 0.199 e. The van der Waals surface area contributed by atoms with Crippen molar-refractivity contribution in [2.24, 2.45) is 0 Å². The molecular weight excluding hydrogens is 214 g/mol. The van der Waals surface area contributed by atoms with Crippen molar-refractivity contribution >= 4 is 5.78 Å². The van der Waals surface area contributed by atoms with Crippen LogP contribution >= 0.6 is 0 Å². The summed E-state index contributed by atoms with van der Waals surface area (Å²) in [4.78, 5) is 19.0. The molecule has 80 valence electrons. The molecule has 1 aromatic carbocycles. The Morgan fingerprint density at radius 1 is 1.12 bits per heavy atom. The largest absolute Gasteiger partial charge is 0.288 e. The van der Waals surface area contributed by atoms with Crippen molar-refractivity contribution in [2.75, 3.05) is 0 Å². The van der Waals surface area contributed by atoms with E-state index >= 15 is 0 Å². The molecule has 0 bridgehead atoms. The summed E-state index contributed by atoms with van der Waals surface area (Å²) in [6.07, 6.45) is 3.75. The Morgan fingerprint density at radius 3 is 2.50 bits per heavy atom. The Balaban J connectivity index is 2.46. The quantitative estimate of drug-likeness (QED) is 0.727. The molecule has 0 saturated heterocycles. The van der Waals surface area contributed by atoms with E-state index in [9.17, 15) is 13.6 Å². The number of hydrogen-bond donors (Lipinski definition) is 0. The van der Waals surface area contributed by atoms with Crippen molar-refractivity contribution in [1.82, 2.24) is 9.97 Å². The first kappa shape index (κ1) is 10.4. The van der Waals surface area contributed by atoms with Crippen LogP contribution in [0.15, 0.2) is 36.9 Å². The predicted octanol–water partition coefficient (Wildman–Crippen LogP) is 1.99. The molecule has 16 heavy (non-hydrogen) atoms. The SMILES string of the molecule is O=C(c1cncnc1)c1cc(F)ccc1F. The Bertz CT molecular complexity index is 529. The molecule has 5 heteroatoms. The molecule has 2 aromatic rings. The minimum Gasteiger partial charge on any atom is -0.288 e. The Morgan fingerprint density at radius 2 is 1.81 bits per heavy atom. The lowest BCUT2D eigenvalue weighted by molar-refractivity contribution is 0.103. The molecule has 0 spiro atoms. The average molecular weight is 220 g/mol. The van der Waals surface area contributed by atoms with Crippen LogP contribution in [0.4, 0.5) is 8.78 Å². The van der Waals surface area contributed by atoms with Crippen LogP contribution in [0.3, 0.4) is 0 Å². The van der Waals surface area contributed by atoms with Gasteiger partial charge in [-0.1, -0.05) is 0 Å². The lowest BCUT2D eigenvalue weighted by Gasteiger charge is -2.01. The maximum Gasteiger partial charge on any atom is 0.199 e. The molecule has 2 rings (SSSR count). The van der Waals surface area contributed by atoms with Crippen LogP contribution in [0, 0.1) is 11.6 Å². The number of carbonyl (C=O) groups excluding carboxylic acids is 1. The second-order valence-corrected chi connectivity index (χ2v) is 3.08. The Hall–Kier alpha value is -2.17. The van der Waals surface area contributed by atoms with E-state index in [0.717, 1.165) is 18.2 Å². The van der Waals surface area contributed by atoms with Crippen LogP contribution < -0.4 is 0 Å². The van der Waals surface area contributed by atoms with Crippen LogP contribution in [-0.2, 0) is 0 Å². The molecule has 0 saturated carbocycles. The Kier molecular flexibility index (Phi) is 2.68. The number of rotatable bonds is 2. The van der Waals surface area contributed by atoms with Crippen molar-refractivity contribution in [1.29, 1.82) is 0 Å². The number of benzene rings is 1. The number of carbonyl (C=O) groups is 1. The van der Waals surface area contributed by atoms with E-state index in [1.807, 2.05) is 0 Å². The van der Waals surface area contributed by atoms with E-state index in [1.165, 1.54) is 18.7 Å². The highest BCUT2D eigenvalue weighted by Gasteiger charge is 2.15. The molecular formula is C11H6F2N2O. The first-order valence-electron chi connectivity index (χ1n) is 4.43. The van der Waals surface area contributed by atoms with E-state index in [0.29, 0.717) is 0 Å². The summed E-state index contributed by atoms with van der Waals surface area (Å²) in [5.74, 6) is -2.07. The van der Waals surface area contributed by atoms with Gasteiger partial charge in [0, 0.05) is 12.4 Å². The van der Waals surface area contributed by atoms with Crippen molar-refractivity contribution in [3.05, 3.63) is 59.7 Å². The molecule has 0 atom stereocenters. The van der Waals surface area contributed by atoms with E-state index in [-0.39, 0.29) is 11.1 Å². The highest BCUT2D eigenvalue weighted by molar-refractivity contribution is 6.08. The molecule has 0 aliphatic heterocycles. The maximum atomic E-state index is 13.3. The van der Waals surface area contributed by atoms with Gasteiger partial charge in [0.2, 0.25) is 0 Å². The molecule has 1 heterocycles. The number of ketones is 1. The molecule has 0 aliphatic rings. The van der Waals surface area contributed by atoms with E-state index in [4.69, 9.17) is 0 Å². The van der Waals surface area contributed by atoms with Crippen molar-refractivity contribution in [3.8, 4) is 0 Å². The lowest BCUT2D eigenvalue weighted by Crippen LogP contribution is -2.05. The van der Waals surface area contributed by atoms with Gasteiger partial charge in [-0.15, -0.1) is 0 Å². The molecule has 3 nitrogen and oxygen atoms in total. The molecule has 0 N–H and O–H groups in total. The summed E-state index contributed by atoms with van der Waals surface area (Å²) in [5, 5.41) is 0. The summed E-state index contributed by atoms with van der Waals surface area (Å²) >= 11 is 0. The van der Waals surface area contributed by atoms with Gasteiger partial charge in [0.25, 0.3) is 0 Å². The third-order valence-corrected chi connectivity index (χ3v) is 2.00. The fraction of sp³-hybridized carbons (Fsp3) is 0. The zero-order valence-corrected chi connectivity index (χ0v) is 8.02. The fourth-order valence-corrected chi connectivity index (χ4v) is 1.24. The molecule has 0 aliphatic carbocycles. The van der Waals surface area contributed by atoms with Gasteiger partial charge in [-0.05, 0) is 18.2 Å². The van der Waals surface area contributed by atoms with E-state index in [1.54, 1.807) is 0 Å². The van der Waals surface area contributed by atoms with Crippen molar-refractivity contribution in [3.63, 3.8) is 0 Å². The first-order chi connectivity index (χ1) is 7.68. The number of aromatic nitrogens is 2. The molecule has 1 aromatic heterocycles. The molecule has 0 fully saturated rings. The second-order valence-electron chi connectivity index (χ2n) is 3.08. The van der Waals surface area contributed by atoms with Crippen molar-refractivity contribution < 1.29 is 13.6 Å². The summed E-state index contributed by atoms with van der Waals surface area (Å²) in [5.41, 5.74) is -0.207. The zero-order chi connectivity index (χ0) is 11.5. The van der Waals surface area contributed by atoms with E-state index in [2.05, 4.69) is 9.97 Å². The number of hydrogen-bond acceptors (Lipinski definition) is 3.